The summed E-state index contributed by atoms with van der Waals surface area (Å²) in [6, 6.07) is 6.42. The maximum Gasteiger partial charge on any atom is 0.414 e. The third kappa shape index (κ3) is 4.25. The van der Waals surface area contributed by atoms with Crippen LogP contribution in [0.1, 0.15) is 6.92 Å². The number of benzene rings is 1. The Balaban J connectivity index is 2.46. The second-order valence-electron chi connectivity index (χ2n) is 3.63. The van der Waals surface area contributed by atoms with Crippen LogP contribution in [-0.2, 0) is 9.53 Å². The van der Waals surface area contributed by atoms with Crippen molar-refractivity contribution in [1.29, 1.82) is 0 Å². The molecule has 4 nitrogen and oxygen atoms in total. The van der Waals surface area contributed by atoms with Crippen LogP contribution in [0.25, 0.3) is 0 Å². The summed E-state index contributed by atoms with van der Waals surface area (Å²) in [4.78, 5) is 11.3. The SMILES string of the molecule is CC(OCC(=O)Nc1ccccc1N)C(F)(F)F. The van der Waals surface area contributed by atoms with Crippen molar-refractivity contribution in [3.05, 3.63) is 24.3 Å². The fourth-order valence-corrected chi connectivity index (χ4v) is 1.09. The van der Waals surface area contributed by atoms with Gasteiger partial charge in [-0.15, -0.1) is 0 Å². The molecule has 1 unspecified atom stereocenters. The van der Waals surface area contributed by atoms with E-state index in [1.54, 1.807) is 24.3 Å². The highest BCUT2D eigenvalue weighted by Crippen LogP contribution is 2.22. The number of halogens is 3. The van der Waals surface area contributed by atoms with E-state index in [-0.39, 0.29) is 0 Å². The molecule has 0 aliphatic heterocycles. The molecule has 7 heteroatoms. The van der Waals surface area contributed by atoms with Crippen molar-refractivity contribution in [1.82, 2.24) is 0 Å². The number of alkyl halides is 3. The highest BCUT2D eigenvalue weighted by Gasteiger charge is 2.37. The molecule has 0 bridgehead atoms. The van der Waals surface area contributed by atoms with Crippen molar-refractivity contribution in [2.45, 2.75) is 19.2 Å². The van der Waals surface area contributed by atoms with Crippen molar-refractivity contribution in [3.63, 3.8) is 0 Å². The number of hydrogen-bond acceptors (Lipinski definition) is 3. The third-order valence-electron chi connectivity index (χ3n) is 2.16. The highest BCUT2D eigenvalue weighted by molar-refractivity contribution is 5.94. The summed E-state index contributed by atoms with van der Waals surface area (Å²) < 4.78 is 40.7. The van der Waals surface area contributed by atoms with Crippen LogP contribution < -0.4 is 11.1 Å². The summed E-state index contributed by atoms with van der Waals surface area (Å²) in [6.07, 6.45) is -6.47. The van der Waals surface area contributed by atoms with Gasteiger partial charge in [0.1, 0.15) is 6.61 Å². The van der Waals surface area contributed by atoms with E-state index in [0.717, 1.165) is 6.92 Å². The Kier molecular flexibility index (Phi) is 4.55. The second kappa shape index (κ2) is 5.72. The van der Waals surface area contributed by atoms with Crippen LogP contribution in [0.4, 0.5) is 24.5 Å². The van der Waals surface area contributed by atoms with E-state index in [1.807, 2.05) is 0 Å². The van der Waals surface area contributed by atoms with Gasteiger partial charge in [0.15, 0.2) is 6.10 Å². The zero-order valence-corrected chi connectivity index (χ0v) is 9.62. The fourth-order valence-electron chi connectivity index (χ4n) is 1.09. The lowest BCUT2D eigenvalue weighted by molar-refractivity contribution is -0.213. The van der Waals surface area contributed by atoms with Gasteiger partial charge < -0.3 is 15.8 Å². The Bertz CT molecular complexity index is 421. The monoisotopic (exact) mass is 262 g/mol. The molecule has 0 radical (unpaired) electrons. The zero-order valence-electron chi connectivity index (χ0n) is 9.62. The molecule has 1 aromatic rings. The number of ether oxygens (including phenoxy) is 1. The molecular formula is C11H13F3N2O2. The maximum atomic E-state index is 12.1. The summed E-state index contributed by atoms with van der Waals surface area (Å²) in [5, 5.41) is 2.36. The highest BCUT2D eigenvalue weighted by atomic mass is 19.4. The molecule has 0 aliphatic carbocycles. The van der Waals surface area contributed by atoms with Crippen LogP contribution in [0.2, 0.25) is 0 Å². The molecule has 0 saturated carbocycles. The number of para-hydroxylation sites is 2. The predicted molar refractivity (Wildman–Crippen MR) is 61.0 cm³/mol. The number of nitrogen functional groups attached to an aromatic ring is 1. The van der Waals surface area contributed by atoms with Gasteiger partial charge in [-0.05, 0) is 19.1 Å². The molecule has 0 aromatic heterocycles. The summed E-state index contributed by atoms with van der Waals surface area (Å²) in [5.41, 5.74) is 6.23. The number of carbonyl (C=O) groups is 1. The van der Waals surface area contributed by atoms with Gasteiger partial charge >= 0.3 is 6.18 Å². The van der Waals surface area contributed by atoms with Gasteiger partial charge in [0.25, 0.3) is 0 Å². The largest absolute Gasteiger partial charge is 0.414 e. The summed E-state index contributed by atoms with van der Waals surface area (Å²) in [7, 11) is 0. The number of nitrogens with one attached hydrogen (secondary N) is 1. The third-order valence-corrected chi connectivity index (χ3v) is 2.16. The predicted octanol–water partition coefficient (Wildman–Crippen LogP) is 2.17. The minimum atomic E-state index is -4.48. The van der Waals surface area contributed by atoms with E-state index in [0.29, 0.717) is 11.4 Å². The molecule has 1 amide bonds. The zero-order chi connectivity index (χ0) is 13.8. The Morgan fingerprint density at radius 2 is 2.06 bits per heavy atom. The Labute approximate surface area is 102 Å². The van der Waals surface area contributed by atoms with Crippen LogP contribution in [0.5, 0.6) is 0 Å². The quantitative estimate of drug-likeness (QED) is 0.817. The molecule has 1 atom stereocenters. The summed E-state index contributed by atoms with van der Waals surface area (Å²) in [6.45, 7) is 0.152. The van der Waals surface area contributed by atoms with Gasteiger partial charge in [-0.1, -0.05) is 12.1 Å². The van der Waals surface area contributed by atoms with Crippen molar-refractivity contribution < 1.29 is 22.7 Å². The molecule has 0 heterocycles. The van der Waals surface area contributed by atoms with Gasteiger partial charge in [0, 0.05) is 0 Å². The van der Waals surface area contributed by atoms with Gasteiger partial charge in [-0.3, -0.25) is 4.79 Å². The molecule has 3 N–H and O–H groups in total. The van der Waals surface area contributed by atoms with Crippen LogP contribution in [-0.4, -0.2) is 24.8 Å². The minimum Gasteiger partial charge on any atom is -0.397 e. The standard InChI is InChI=1S/C11H13F3N2O2/c1-7(11(12,13)14)18-6-10(17)16-9-5-3-2-4-8(9)15/h2-5,7H,6,15H2,1H3,(H,16,17). The van der Waals surface area contributed by atoms with E-state index in [4.69, 9.17) is 5.73 Å². The Morgan fingerprint density at radius 1 is 1.44 bits per heavy atom. The van der Waals surface area contributed by atoms with E-state index in [9.17, 15) is 18.0 Å². The van der Waals surface area contributed by atoms with Gasteiger partial charge in [-0.25, -0.2) is 0 Å². The van der Waals surface area contributed by atoms with Crippen LogP contribution in [0.15, 0.2) is 24.3 Å². The van der Waals surface area contributed by atoms with Gasteiger partial charge in [-0.2, -0.15) is 13.2 Å². The first-order valence-corrected chi connectivity index (χ1v) is 5.13. The van der Waals surface area contributed by atoms with E-state index in [1.165, 1.54) is 0 Å². The molecule has 1 aromatic carbocycles. The second-order valence-corrected chi connectivity index (χ2v) is 3.63. The molecule has 0 fully saturated rings. The number of amides is 1. The molecular weight excluding hydrogens is 249 g/mol. The van der Waals surface area contributed by atoms with Crippen molar-refractivity contribution in [2.75, 3.05) is 17.7 Å². The minimum absolute atomic E-state index is 0.328. The van der Waals surface area contributed by atoms with Crippen molar-refractivity contribution in [2.24, 2.45) is 0 Å². The van der Waals surface area contributed by atoms with E-state index in [2.05, 4.69) is 10.1 Å². The smallest absolute Gasteiger partial charge is 0.397 e. The van der Waals surface area contributed by atoms with Crippen LogP contribution >= 0.6 is 0 Å². The number of hydrogen-bond donors (Lipinski definition) is 2. The normalized spacial score (nSPS) is 13.1. The van der Waals surface area contributed by atoms with Gasteiger partial charge in [0.05, 0.1) is 11.4 Å². The lowest BCUT2D eigenvalue weighted by Crippen LogP contribution is -2.32. The molecule has 0 spiro atoms. The average Bonchev–Trinajstić information content (AvgIpc) is 2.27. The van der Waals surface area contributed by atoms with Crippen LogP contribution in [0.3, 0.4) is 0 Å². The maximum absolute atomic E-state index is 12.1. The lowest BCUT2D eigenvalue weighted by Gasteiger charge is -2.16. The summed E-state index contributed by atoms with van der Waals surface area (Å²) >= 11 is 0. The van der Waals surface area contributed by atoms with E-state index < -0.39 is 24.8 Å². The first-order valence-electron chi connectivity index (χ1n) is 5.13. The molecule has 1 rings (SSSR count). The molecule has 18 heavy (non-hydrogen) atoms. The first kappa shape index (κ1) is 14.3. The number of rotatable bonds is 4. The number of anilines is 2. The van der Waals surface area contributed by atoms with Crippen molar-refractivity contribution in [3.8, 4) is 0 Å². The van der Waals surface area contributed by atoms with Crippen LogP contribution in [0, 0.1) is 0 Å². The Hall–Kier alpha value is -1.76. The number of nitrogens with two attached hydrogens (primary N) is 1. The van der Waals surface area contributed by atoms with E-state index >= 15 is 0 Å². The number of carbonyl (C=O) groups excluding carboxylic acids is 1. The molecule has 100 valence electrons. The fraction of sp³-hybridized carbons (Fsp3) is 0.364. The topological polar surface area (TPSA) is 64.3 Å². The Morgan fingerprint density at radius 3 is 2.61 bits per heavy atom. The lowest BCUT2D eigenvalue weighted by atomic mass is 10.2. The molecule has 0 aliphatic rings. The van der Waals surface area contributed by atoms with Crippen molar-refractivity contribution >= 4 is 17.3 Å². The van der Waals surface area contributed by atoms with Gasteiger partial charge in [0.2, 0.25) is 5.91 Å². The summed E-state index contributed by atoms with van der Waals surface area (Å²) in [5.74, 6) is -0.691. The average molecular weight is 262 g/mol. The molecule has 0 saturated heterocycles. The first-order chi connectivity index (χ1) is 8.30.